The third-order valence-electron chi connectivity index (χ3n) is 2.78. The van der Waals surface area contributed by atoms with Crippen molar-refractivity contribution in [3.8, 4) is 0 Å². The van der Waals surface area contributed by atoms with E-state index in [0.717, 1.165) is 19.3 Å². The highest BCUT2D eigenvalue weighted by Gasteiger charge is 2.37. The van der Waals surface area contributed by atoms with Gasteiger partial charge in [0, 0.05) is 6.42 Å². The second-order valence-electron chi connectivity index (χ2n) is 3.83. The molecule has 1 N–H and O–H groups in total. The number of nitrogens with one attached hydrogen (secondary N) is 1. The number of rotatable bonds is 4. The van der Waals surface area contributed by atoms with E-state index in [4.69, 9.17) is 0 Å². The number of halogens is 3. The van der Waals surface area contributed by atoms with Gasteiger partial charge in [0.1, 0.15) is 0 Å². The van der Waals surface area contributed by atoms with Gasteiger partial charge < -0.3 is 5.32 Å². The van der Waals surface area contributed by atoms with Gasteiger partial charge in [0.15, 0.2) is 0 Å². The Kier molecular flexibility index (Phi) is 3.59. The molecule has 1 fully saturated rings. The summed E-state index contributed by atoms with van der Waals surface area (Å²) < 4.78 is 36.4. The lowest BCUT2D eigenvalue weighted by Gasteiger charge is -2.34. The highest BCUT2D eigenvalue weighted by atomic mass is 19.4. The van der Waals surface area contributed by atoms with Crippen molar-refractivity contribution in [2.75, 3.05) is 13.6 Å². The Hall–Kier alpha value is -0.250. The first-order valence-electron chi connectivity index (χ1n) is 4.74. The van der Waals surface area contributed by atoms with Crippen LogP contribution in [0.15, 0.2) is 0 Å². The number of alkyl halides is 3. The predicted molar refractivity (Wildman–Crippen MR) is 45.4 cm³/mol. The minimum absolute atomic E-state index is 0.209. The quantitative estimate of drug-likeness (QED) is 0.727. The van der Waals surface area contributed by atoms with Gasteiger partial charge in [-0.1, -0.05) is 19.3 Å². The second-order valence-corrected chi connectivity index (χ2v) is 3.83. The molecule has 1 rings (SSSR count). The fourth-order valence-corrected chi connectivity index (χ4v) is 1.88. The molecule has 0 radical (unpaired) electrons. The summed E-state index contributed by atoms with van der Waals surface area (Å²) >= 11 is 0. The molecular formula is C9H16F3N. The van der Waals surface area contributed by atoms with Crippen molar-refractivity contribution in [1.29, 1.82) is 0 Å². The molecule has 1 atom stereocenters. The Labute approximate surface area is 76.7 Å². The van der Waals surface area contributed by atoms with Crippen LogP contribution in [-0.2, 0) is 0 Å². The molecule has 78 valence electrons. The molecule has 1 aliphatic rings. The highest BCUT2D eigenvalue weighted by Crippen LogP contribution is 2.38. The normalized spacial score (nSPS) is 21.2. The number of hydrogen-bond acceptors (Lipinski definition) is 1. The molecule has 4 heteroatoms. The van der Waals surface area contributed by atoms with Crippen LogP contribution < -0.4 is 5.32 Å². The third kappa shape index (κ3) is 3.55. The van der Waals surface area contributed by atoms with Gasteiger partial charge in [0.2, 0.25) is 0 Å². The second kappa shape index (κ2) is 4.31. The Balaban J connectivity index is 2.37. The fraction of sp³-hybridized carbons (Fsp3) is 1.00. The topological polar surface area (TPSA) is 12.0 Å². The molecule has 0 spiro atoms. The van der Waals surface area contributed by atoms with Gasteiger partial charge in [-0.15, -0.1) is 0 Å². The van der Waals surface area contributed by atoms with E-state index >= 15 is 0 Å². The van der Waals surface area contributed by atoms with Gasteiger partial charge in [-0.2, -0.15) is 13.2 Å². The molecule has 1 aliphatic carbocycles. The summed E-state index contributed by atoms with van der Waals surface area (Å²) in [7, 11) is 1.71. The number of hydrogen-bond donors (Lipinski definition) is 1. The van der Waals surface area contributed by atoms with Crippen molar-refractivity contribution in [3.63, 3.8) is 0 Å². The summed E-state index contributed by atoms with van der Waals surface area (Å²) in [5, 5.41) is 2.84. The molecule has 0 unspecified atom stereocenters. The summed E-state index contributed by atoms with van der Waals surface area (Å²) in [6.07, 6.45) is -1.58. The molecule has 0 saturated heterocycles. The Morgan fingerprint density at radius 3 is 2.31 bits per heavy atom. The van der Waals surface area contributed by atoms with Crippen LogP contribution in [0.1, 0.15) is 25.7 Å². The average molecular weight is 195 g/mol. The minimum Gasteiger partial charge on any atom is -0.319 e. The van der Waals surface area contributed by atoms with Gasteiger partial charge in [0.05, 0.1) is 0 Å². The molecular weight excluding hydrogens is 179 g/mol. The van der Waals surface area contributed by atoms with Crippen molar-refractivity contribution >= 4 is 0 Å². The minimum atomic E-state index is -4.00. The van der Waals surface area contributed by atoms with Crippen LogP contribution in [0.3, 0.4) is 0 Å². The Morgan fingerprint density at radius 2 is 2.00 bits per heavy atom. The van der Waals surface area contributed by atoms with Gasteiger partial charge in [-0.05, 0) is 25.4 Å². The summed E-state index contributed by atoms with van der Waals surface area (Å²) in [4.78, 5) is 0. The Morgan fingerprint density at radius 1 is 1.38 bits per heavy atom. The molecule has 0 aromatic carbocycles. The zero-order chi connectivity index (χ0) is 9.90. The lowest BCUT2D eigenvalue weighted by Crippen LogP contribution is -2.33. The SMILES string of the molecule is CNC[C@H](CC(F)(F)F)C1CCC1. The van der Waals surface area contributed by atoms with Crippen LogP contribution in [0.4, 0.5) is 13.2 Å². The maximum absolute atomic E-state index is 12.1. The molecule has 0 aromatic heterocycles. The van der Waals surface area contributed by atoms with Crippen molar-refractivity contribution in [2.24, 2.45) is 11.8 Å². The molecule has 1 nitrogen and oxygen atoms in total. The highest BCUT2D eigenvalue weighted by molar-refractivity contribution is 4.80. The van der Waals surface area contributed by atoms with Crippen molar-refractivity contribution < 1.29 is 13.2 Å². The standard InChI is InChI=1S/C9H16F3N/c1-13-6-8(5-9(10,11)12)7-3-2-4-7/h7-8,13H,2-6H2,1H3/t8-/m0/s1. The van der Waals surface area contributed by atoms with E-state index < -0.39 is 12.6 Å². The van der Waals surface area contributed by atoms with Crippen molar-refractivity contribution in [3.05, 3.63) is 0 Å². The molecule has 0 aromatic rings. The zero-order valence-corrected chi connectivity index (χ0v) is 7.82. The van der Waals surface area contributed by atoms with E-state index in [2.05, 4.69) is 5.32 Å². The molecule has 0 aliphatic heterocycles. The van der Waals surface area contributed by atoms with Crippen LogP contribution in [0.5, 0.6) is 0 Å². The van der Waals surface area contributed by atoms with E-state index in [-0.39, 0.29) is 5.92 Å². The predicted octanol–water partition coefficient (Wildman–Crippen LogP) is 2.57. The molecule has 1 saturated carbocycles. The summed E-state index contributed by atoms with van der Waals surface area (Å²) in [5.41, 5.74) is 0. The Bertz CT molecular complexity index is 151. The molecule has 0 heterocycles. The summed E-state index contributed by atoms with van der Waals surface area (Å²) in [6, 6.07) is 0. The first-order valence-corrected chi connectivity index (χ1v) is 4.74. The summed E-state index contributed by atoms with van der Waals surface area (Å²) in [6.45, 7) is 0.490. The van der Waals surface area contributed by atoms with Crippen molar-refractivity contribution in [2.45, 2.75) is 31.9 Å². The van der Waals surface area contributed by atoms with E-state index in [1.54, 1.807) is 7.05 Å². The van der Waals surface area contributed by atoms with Crippen LogP contribution in [-0.4, -0.2) is 19.8 Å². The fourth-order valence-electron chi connectivity index (χ4n) is 1.88. The summed E-state index contributed by atoms with van der Waals surface area (Å²) in [5.74, 6) is 0.0906. The van der Waals surface area contributed by atoms with Gasteiger partial charge in [-0.3, -0.25) is 0 Å². The van der Waals surface area contributed by atoms with E-state index in [0.29, 0.717) is 12.5 Å². The molecule has 0 amide bonds. The van der Waals surface area contributed by atoms with Crippen molar-refractivity contribution in [1.82, 2.24) is 5.32 Å². The average Bonchev–Trinajstić information content (AvgIpc) is 1.79. The van der Waals surface area contributed by atoms with Gasteiger partial charge in [-0.25, -0.2) is 0 Å². The zero-order valence-electron chi connectivity index (χ0n) is 7.82. The lowest BCUT2D eigenvalue weighted by atomic mass is 9.74. The molecule has 13 heavy (non-hydrogen) atoms. The first-order chi connectivity index (χ1) is 6.03. The van der Waals surface area contributed by atoms with Crippen LogP contribution in [0, 0.1) is 11.8 Å². The maximum atomic E-state index is 12.1. The third-order valence-corrected chi connectivity index (χ3v) is 2.78. The van der Waals surface area contributed by atoms with Gasteiger partial charge >= 0.3 is 6.18 Å². The largest absolute Gasteiger partial charge is 0.389 e. The first kappa shape index (κ1) is 10.8. The van der Waals surface area contributed by atoms with E-state index in [1.807, 2.05) is 0 Å². The van der Waals surface area contributed by atoms with E-state index in [1.165, 1.54) is 0 Å². The van der Waals surface area contributed by atoms with Crippen LogP contribution >= 0.6 is 0 Å². The van der Waals surface area contributed by atoms with E-state index in [9.17, 15) is 13.2 Å². The molecule has 0 bridgehead atoms. The van der Waals surface area contributed by atoms with Gasteiger partial charge in [0.25, 0.3) is 0 Å². The van der Waals surface area contributed by atoms with Crippen LogP contribution in [0.2, 0.25) is 0 Å². The maximum Gasteiger partial charge on any atom is 0.389 e. The lowest BCUT2D eigenvalue weighted by molar-refractivity contribution is -0.150. The van der Waals surface area contributed by atoms with Crippen LogP contribution in [0.25, 0.3) is 0 Å². The monoisotopic (exact) mass is 195 g/mol. The smallest absolute Gasteiger partial charge is 0.319 e.